The Balaban J connectivity index is 0.00000324. The number of benzene rings is 1. The molecule has 1 atom stereocenters. The third-order valence-corrected chi connectivity index (χ3v) is 4.01. The van der Waals surface area contributed by atoms with Crippen LogP contribution in [0.3, 0.4) is 0 Å². The fourth-order valence-electron chi connectivity index (χ4n) is 1.25. The van der Waals surface area contributed by atoms with Crippen LogP contribution in [0.25, 0.3) is 0 Å². The van der Waals surface area contributed by atoms with Gasteiger partial charge < -0.3 is 15.8 Å². The molecular formula is C11H17ClN2O4S. The minimum atomic E-state index is -3.41. The Bertz CT molecular complexity index is 560. The van der Waals surface area contributed by atoms with Gasteiger partial charge in [0.15, 0.2) is 9.84 Å². The van der Waals surface area contributed by atoms with Gasteiger partial charge in [0.05, 0.1) is 12.8 Å². The molecular weight excluding hydrogens is 292 g/mol. The number of anilines is 2. The van der Waals surface area contributed by atoms with Gasteiger partial charge in [-0.05, 0) is 25.1 Å². The summed E-state index contributed by atoms with van der Waals surface area (Å²) in [5.41, 5.74) is 6.46. The number of hydrogen-bond acceptors (Lipinski definition) is 5. The molecule has 0 saturated heterocycles. The van der Waals surface area contributed by atoms with E-state index in [1.165, 1.54) is 20.1 Å². The molecule has 6 nitrogen and oxygen atoms in total. The summed E-state index contributed by atoms with van der Waals surface area (Å²) in [6.45, 7) is 1.33. The van der Waals surface area contributed by atoms with Gasteiger partial charge in [0.25, 0.3) is 0 Å². The van der Waals surface area contributed by atoms with Gasteiger partial charge in [0.1, 0.15) is 11.0 Å². The average molecular weight is 309 g/mol. The predicted molar refractivity (Wildman–Crippen MR) is 77.6 cm³/mol. The van der Waals surface area contributed by atoms with Crippen LogP contribution in [0.4, 0.5) is 11.4 Å². The van der Waals surface area contributed by atoms with Crippen molar-refractivity contribution in [2.45, 2.75) is 12.2 Å². The number of hydrogen-bond donors (Lipinski definition) is 2. The monoisotopic (exact) mass is 308 g/mol. The van der Waals surface area contributed by atoms with Crippen molar-refractivity contribution in [1.29, 1.82) is 0 Å². The van der Waals surface area contributed by atoms with Gasteiger partial charge in [-0.15, -0.1) is 12.4 Å². The molecule has 0 aliphatic heterocycles. The van der Waals surface area contributed by atoms with Crippen molar-refractivity contribution in [1.82, 2.24) is 0 Å². The maximum absolute atomic E-state index is 11.7. The first-order chi connectivity index (χ1) is 8.25. The van der Waals surface area contributed by atoms with Crippen LogP contribution in [0.1, 0.15) is 6.92 Å². The maximum Gasteiger partial charge on any atom is 0.242 e. The molecule has 1 amide bonds. The fourth-order valence-corrected chi connectivity index (χ4v) is 1.70. The first kappa shape index (κ1) is 17.5. The summed E-state index contributed by atoms with van der Waals surface area (Å²) in [7, 11) is -1.93. The van der Waals surface area contributed by atoms with Crippen molar-refractivity contribution in [3.8, 4) is 5.75 Å². The van der Waals surface area contributed by atoms with Crippen molar-refractivity contribution >= 4 is 39.5 Å². The fraction of sp³-hybridized carbons (Fsp3) is 0.364. The van der Waals surface area contributed by atoms with E-state index in [9.17, 15) is 13.2 Å². The third-order valence-electron chi connectivity index (χ3n) is 2.51. The van der Waals surface area contributed by atoms with Crippen molar-refractivity contribution in [3.05, 3.63) is 18.2 Å². The molecule has 1 aromatic carbocycles. The Morgan fingerprint density at radius 3 is 2.42 bits per heavy atom. The van der Waals surface area contributed by atoms with Gasteiger partial charge in [-0.2, -0.15) is 0 Å². The Kier molecular flexibility index (Phi) is 6.11. The lowest BCUT2D eigenvalue weighted by Crippen LogP contribution is -2.31. The molecule has 0 aromatic heterocycles. The molecule has 0 aliphatic carbocycles. The van der Waals surface area contributed by atoms with Crippen LogP contribution >= 0.6 is 12.4 Å². The highest BCUT2D eigenvalue weighted by atomic mass is 35.5. The van der Waals surface area contributed by atoms with Crippen LogP contribution in [0, 0.1) is 0 Å². The number of carbonyl (C=O) groups is 1. The quantitative estimate of drug-likeness (QED) is 0.811. The number of nitrogen functional groups attached to an aromatic ring is 1. The Hall–Kier alpha value is -1.47. The summed E-state index contributed by atoms with van der Waals surface area (Å²) in [4.78, 5) is 11.7. The first-order valence-corrected chi connectivity index (χ1v) is 7.14. The molecule has 1 aromatic rings. The van der Waals surface area contributed by atoms with E-state index in [4.69, 9.17) is 10.5 Å². The zero-order chi connectivity index (χ0) is 13.9. The van der Waals surface area contributed by atoms with Gasteiger partial charge in [-0.3, -0.25) is 4.79 Å². The lowest BCUT2D eigenvalue weighted by atomic mass is 10.2. The number of halogens is 1. The number of nitrogens with one attached hydrogen (secondary N) is 1. The maximum atomic E-state index is 11.7. The summed E-state index contributed by atoms with van der Waals surface area (Å²) >= 11 is 0. The third kappa shape index (κ3) is 4.60. The SMILES string of the molecule is COc1ccc(NC(=O)C(C)S(C)(=O)=O)cc1N.Cl. The number of rotatable bonds is 4. The second-order valence-corrected chi connectivity index (χ2v) is 6.28. The molecule has 108 valence electrons. The summed E-state index contributed by atoms with van der Waals surface area (Å²) in [5.74, 6) is -0.105. The molecule has 0 bridgehead atoms. The Morgan fingerprint density at radius 2 is 2.00 bits per heavy atom. The van der Waals surface area contributed by atoms with Crippen molar-refractivity contribution in [2.24, 2.45) is 0 Å². The van der Waals surface area contributed by atoms with E-state index >= 15 is 0 Å². The molecule has 1 unspecified atom stereocenters. The Labute approximate surface area is 118 Å². The van der Waals surface area contributed by atoms with E-state index in [0.29, 0.717) is 17.1 Å². The van der Waals surface area contributed by atoms with Crippen molar-refractivity contribution < 1.29 is 17.9 Å². The van der Waals surface area contributed by atoms with E-state index < -0.39 is 21.0 Å². The Morgan fingerprint density at radius 1 is 1.42 bits per heavy atom. The van der Waals surface area contributed by atoms with E-state index in [2.05, 4.69) is 5.32 Å². The van der Waals surface area contributed by atoms with Crippen LogP contribution in [0.5, 0.6) is 5.75 Å². The number of ether oxygens (including phenoxy) is 1. The molecule has 0 spiro atoms. The van der Waals surface area contributed by atoms with Gasteiger partial charge in [0.2, 0.25) is 5.91 Å². The van der Waals surface area contributed by atoms with Crippen molar-refractivity contribution in [2.75, 3.05) is 24.4 Å². The number of sulfone groups is 1. The van der Waals surface area contributed by atoms with E-state index in [1.807, 2.05) is 0 Å². The van der Waals surface area contributed by atoms with Gasteiger partial charge in [0, 0.05) is 11.9 Å². The highest BCUT2D eigenvalue weighted by molar-refractivity contribution is 7.92. The molecule has 0 heterocycles. The molecule has 0 fully saturated rings. The summed E-state index contributed by atoms with van der Waals surface area (Å²) in [6.07, 6.45) is 1.01. The van der Waals surface area contributed by atoms with Gasteiger partial charge >= 0.3 is 0 Å². The zero-order valence-corrected chi connectivity index (χ0v) is 12.5. The predicted octanol–water partition coefficient (Wildman–Crippen LogP) is 1.07. The smallest absolute Gasteiger partial charge is 0.242 e. The number of amides is 1. The average Bonchev–Trinajstić information content (AvgIpc) is 2.27. The molecule has 3 N–H and O–H groups in total. The molecule has 8 heteroatoms. The highest BCUT2D eigenvalue weighted by Gasteiger charge is 2.23. The minimum Gasteiger partial charge on any atom is -0.495 e. The van der Waals surface area contributed by atoms with Crippen LogP contribution in [0.2, 0.25) is 0 Å². The van der Waals surface area contributed by atoms with Crippen molar-refractivity contribution in [3.63, 3.8) is 0 Å². The minimum absolute atomic E-state index is 0. The first-order valence-electron chi connectivity index (χ1n) is 5.19. The number of nitrogens with two attached hydrogens (primary N) is 1. The normalized spacial score (nSPS) is 12.2. The molecule has 1 rings (SSSR count). The lowest BCUT2D eigenvalue weighted by Gasteiger charge is -2.12. The van der Waals surface area contributed by atoms with E-state index in [1.54, 1.807) is 12.1 Å². The molecule has 0 radical (unpaired) electrons. The summed E-state index contributed by atoms with van der Waals surface area (Å²) < 4.78 is 27.4. The zero-order valence-electron chi connectivity index (χ0n) is 10.8. The second-order valence-electron chi connectivity index (χ2n) is 3.92. The topological polar surface area (TPSA) is 98.5 Å². The van der Waals surface area contributed by atoms with E-state index in [0.717, 1.165) is 6.26 Å². The largest absolute Gasteiger partial charge is 0.495 e. The lowest BCUT2D eigenvalue weighted by molar-refractivity contribution is -0.115. The standard InChI is InChI=1S/C11H16N2O4S.ClH/c1-7(18(3,15)16)11(14)13-8-4-5-10(17-2)9(12)6-8;/h4-7H,12H2,1-3H3,(H,13,14);1H. The van der Waals surface area contributed by atoms with Gasteiger partial charge in [-0.1, -0.05) is 0 Å². The molecule has 19 heavy (non-hydrogen) atoms. The van der Waals surface area contributed by atoms with E-state index in [-0.39, 0.29) is 12.4 Å². The van der Waals surface area contributed by atoms with Crippen LogP contribution in [-0.2, 0) is 14.6 Å². The number of methoxy groups -OCH3 is 1. The van der Waals surface area contributed by atoms with Crippen LogP contribution in [-0.4, -0.2) is 32.9 Å². The summed E-state index contributed by atoms with van der Waals surface area (Å²) in [5, 5.41) is 1.38. The molecule has 0 saturated carbocycles. The molecule has 0 aliphatic rings. The summed E-state index contributed by atoms with van der Waals surface area (Å²) in [6, 6.07) is 4.68. The highest BCUT2D eigenvalue weighted by Crippen LogP contribution is 2.24. The van der Waals surface area contributed by atoms with Crippen LogP contribution < -0.4 is 15.8 Å². The van der Waals surface area contributed by atoms with Gasteiger partial charge in [-0.25, -0.2) is 8.42 Å². The van der Waals surface area contributed by atoms with Crippen LogP contribution in [0.15, 0.2) is 18.2 Å². The second kappa shape index (κ2) is 6.63. The number of carbonyl (C=O) groups excluding carboxylic acids is 1.